The number of amides is 1. The summed E-state index contributed by atoms with van der Waals surface area (Å²) >= 11 is 3.46. The van der Waals surface area contributed by atoms with Crippen LogP contribution in [0.4, 0.5) is 0 Å². The van der Waals surface area contributed by atoms with Gasteiger partial charge in [-0.25, -0.2) is 5.43 Å². The molecule has 1 heterocycles. The molecule has 0 unspecified atom stereocenters. The summed E-state index contributed by atoms with van der Waals surface area (Å²) in [5.41, 5.74) is 7.30. The van der Waals surface area contributed by atoms with E-state index >= 15 is 0 Å². The second-order valence-corrected chi connectivity index (χ2v) is 8.35. The first kappa shape index (κ1) is 21.7. The van der Waals surface area contributed by atoms with E-state index in [0.29, 0.717) is 18.2 Å². The van der Waals surface area contributed by atoms with E-state index in [1.165, 1.54) is 5.56 Å². The highest BCUT2D eigenvalue weighted by Crippen LogP contribution is 2.16. The van der Waals surface area contributed by atoms with Crippen LogP contribution in [0.3, 0.4) is 0 Å². The fourth-order valence-corrected chi connectivity index (χ4v) is 3.37. The fraction of sp³-hybridized carbons (Fsp3) is 0.208. The monoisotopic (exact) mass is 464 g/mol. The van der Waals surface area contributed by atoms with Crippen molar-refractivity contribution in [1.29, 1.82) is 0 Å². The van der Waals surface area contributed by atoms with Gasteiger partial charge in [0.15, 0.2) is 5.69 Å². The third-order valence-electron chi connectivity index (χ3n) is 4.54. The minimum atomic E-state index is -0.340. The molecule has 1 aromatic heterocycles. The van der Waals surface area contributed by atoms with Gasteiger partial charge in [0.2, 0.25) is 0 Å². The van der Waals surface area contributed by atoms with Crippen LogP contribution in [0.15, 0.2) is 75.9 Å². The van der Waals surface area contributed by atoms with Gasteiger partial charge >= 0.3 is 0 Å². The highest BCUT2D eigenvalue weighted by Gasteiger charge is 2.08. The fourth-order valence-electron chi connectivity index (χ4n) is 2.92. The maximum absolute atomic E-state index is 12.3. The van der Waals surface area contributed by atoms with Crippen molar-refractivity contribution in [3.8, 4) is 0 Å². The third-order valence-corrected chi connectivity index (χ3v) is 5.03. The largest absolute Gasteiger partial charge is 0.291 e. The molecular weight excluding hydrogens is 440 g/mol. The predicted octanol–water partition coefficient (Wildman–Crippen LogP) is 5.64. The molecule has 0 aliphatic rings. The van der Waals surface area contributed by atoms with Gasteiger partial charge in [-0.1, -0.05) is 72.3 Å². The SMILES string of the molecule is CC(/C=N/NC(=O)c1ccn(Cc2cccc(Br)c2)n1)=C\c1ccc(C(C)C)cc1. The maximum atomic E-state index is 12.3. The smallest absolute Gasteiger partial charge is 0.268 e. The van der Waals surface area contributed by atoms with Gasteiger partial charge < -0.3 is 0 Å². The molecule has 0 aliphatic heterocycles. The van der Waals surface area contributed by atoms with Crippen LogP contribution < -0.4 is 5.43 Å². The van der Waals surface area contributed by atoms with E-state index in [1.54, 1.807) is 23.2 Å². The normalized spacial score (nSPS) is 12.0. The molecule has 0 saturated heterocycles. The summed E-state index contributed by atoms with van der Waals surface area (Å²) in [5.74, 6) is 0.173. The Morgan fingerprint density at radius 2 is 1.97 bits per heavy atom. The van der Waals surface area contributed by atoms with Gasteiger partial charge in [0.25, 0.3) is 5.91 Å². The first-order valence-corrected chi connectivity index (χ1v) is 10.6. The zero-order chi connectivity index (χ0) is 21.5. The van der Waals surface area contributed by atoms with Crippen molar-refractivity contribution in [3.05, 3.63) is 93.2 Å². The average Bonchev–Trinajstić information content (AvgIpc) is 3.17. The van der Waals surface area contributed by atoms with Gasteiger partial charge in [0, 0.05) is 10.7 Å². The van der Waals surface area contributed by atoms with Crippen molar-refractivity contribution in [2.45, 2.75) is 33.2 Å². The van der Waals surface area contributed by atoms with Crippen molar-refractivity contribution in [2.24, 2.45) is 5.10 Å². The summed E-state index contributed by atoms with van der Waals surface area (Å²) < 4.78 is 2.74. The van der Waals surface area contributed by atoms with Crippen molar-refractivity contribution in [2.75, 3.05) is 0 Å². The van der Waals surface area contributed by atoms with Crippen LogP contribution in [-0.4, -0.2) is 21.9 Å². The number of rotatable bonds is 7. The molecule has 0 spiro atoms. The number of hydrazone groups is 1. The zero-order valence-electron chi connectivity index (χ0n) is 17.3. The summed E-state index contributed by atoms with van der Waals surface area (Å²) in [6, 6.07) is 18.1. The number of hydrogen-bond donors (Lipinski definition) is 1. The van der Waals surface area contributed by atoms with Crippen LogP contribution in [0, 0.1) is 0 Å². The Balaban J connectivity index is 1.55. The lowest BCUT2D eigenvalue weighted by atomic mass is 10.0. The molecule has 30 heavy (non-hydrogen) atoms. The molecule has 0 atom stereocenters. The molecule has 3 rings (SSSR count). The van der Waals surface area contributed by atoms with Crippen molar-refractivity contribution in [3.63, 3.8) is 0 Å². The van der Waals surface area contributed by atoms with Gasteiger partial charge in [0.1, 0.15) is 0 Å². The molecule has 0 radical (unpaired) electrons. The number of carbonyl (C=O) groups excluding carboxylic acids is 1. The minimum absolute atomic E-state index is 0.327. The molecule has 0 bridgehead atoms. The van der Waals surface area contributed by atoms with Crippen LogP contribution in [-0.2, 0) is 6.54 Å². The molecule has 1 amide bonds. The molecule has 2 aromatic carbocycles. The highest BCUT2D eigenvalue weighted by molar-refractivity contribution is 9.10. The molecule has 6 heteroatoms. The van der Waals surface area contributed by atoms with E-state index < -0.39 is 0 Å². The van der Waals surface area contributed by atoms with E-state index in [2.05, 4.69) is 69.7 Å². The van der Waals surface area contributed by atoms with E-state index in [0.717, 1.165) is 21.2 Å². The van der Waals surface area contributed by atoms with E-state index in [4.69, 9.17) is 0 Å². The predicted molar refractivity (Wildman–Crippen MR) is 126 cm³/mol. The Bertz CT molecular complexity index is 1060. The third kappa shape index (κ3) is 6.26. The van der Waals surface area contributed by atoms with Crippen LogP contribution >= 0.6 is 15.9 Å². The number of carbonyl (C=O) groups is 1. The summed E-state index contributed by atoms with van der Waals surface area (Å²) in [7, 11) is 0. The molecule has 0 saturated carbocycles. The number of benzene rings is 2. The Morgan fingerprint density at radius 1 is 1.20 bits per heavy atom. The summed E-state index contributed by atoms with van der Waals surface area (Å²) in [4.78, 5) is 12.3. The molecule has 1 N–H and O–H groups in total. The van der Waals surface area contributed by atoms with Gasteiger partial charge in [-0.3, -0.25) is 9.48 Å². The molecular formula is C24H25BrN4O. The molecule has 0 fully saturated rings. The van der Waals surface area contributed by atoms with Crippen molar-refractivity contribution >= 4 is 34.1 Å². The van der Waals surface area contributed by atoms with Gasteiger partial charge in [-0.15, -0.1) is 0 Å². The van der Waals surface area contributed by atoms with Gasteiger partial charge in [-0.2, -0.15) is 10.2 Å². The number of halogens is 1. The first-order chi connectivity index (χ1) is 14.4. The molecule has 0 aliphatic carbocycles. The minimum Gasteiger partial charge on any atom is -0.268 e. The summed E-state index contributed by atoms with van der Waals surface area (Å²) in [6.45, 7) is 6.89. The number of nitrogens with one attached hydrogen (secondary N) is 1. The Hall–Kier alpha value is -2.99. The molecule has 154 valence electrons. The number of nitrogens with zero attached hydrogens (tertiary/aromatic N) is 3. The zero-order valence-corrected chi connectivity index (χ0v) is 18.9. The summed E-state index contributed by atoms with van der Waals surface area (Å²) in [5, 5.41) is 8.37. The number of aromatic nitrogens is 2. The van der Waals surface area contributed by atoms with Crippen LogP contribution in [0.5, 0.6) is 0 Å². The van der Waals surface area contributed by atoms with Crippen LogP contribution in [0.25, 0.3) is 6.08 Å². The standard InChI is InChI=1S/C24H25BrN4O/c1-17(2)21-9-7-19(8-10-21)13-18(3)15-26-27-24(30)23-11-12-29(28-23)16-20-5-4-6-22(25)14-20/h4-15,17H,16H2,1-3H3,(H,27,30)/b18-13+,26-15+. The van der Waals surface area contributed by atoms with Crippen LogP contribution in [0.2, 0.25) is 0 Å². The van der Waals surface area contributed by atoms with Crippen molar-refractivity contribution < 1.29 is 4.79 Å². The molecule has 5 nitrogen and oxygen atoms in total. The van der Waals surface area contributed by atoms with Gasteiger partial charge in [-0.05, 0) is 53.3 Å². The average molecular weight is 465 g/mol. The van der Waals surface area contributed by atoms with Gasteiger partial charge in [0.05, 0.1) is 12.8 Å². The highest BCUT2D eigenvalue weighted by atomic mass is 79.9. The van der Waals surface area contributed by atoms with E-state index in [9.17, 15) is 4.79 Å². The second kappa shape index (κ2) is 10.2. The topological polar surface area (TPSA) is 59.3 Å². The Morgan fingerprint density at radius 3 is 2.67 bits per heavy atom. The maximum Gasteiger partial charge on any atom is 0.291 e. The lowest BCUT2D eigenvalue weighted by molar-refractivity contribution is 0.0949. The Labute approximate surface area is 185 Å². The summed E-state index contributed by atoms with van der Waals surface area (Å²) in [6.07, 6.45) is 5.44. The quantitative estimate of drug-likeness (QED) is 0.363. The number of hydrogen-bond acceptors (Lipinski definition) is 3. The molecule has 3 aromatic rings. The second-order valence-electron chi connectivity index (χ2n) is 7.44. The van der Waals surface area contributed by atoms with E-state index in [1.807, 2.05) is 37.3 Å². The number of allylic oxidation sites excluding steroid dienone is 1. The van der Waals surface area contributed by atoms with Crippen molar-refractivity contribution in [1.82, 2.24) is 15.2 Å². The lowest BCUT2D eigenvalue weighted by Crippen LogP contribution is -2.18. The first-order valence-electron chi connectivity index (χ1n) is 9.80. The van der Waals surface area contributed by atoms with Crippen LogP contribution in [0.1, 0.15) is 53.9 Å². The van der Waals surface area contributed by atoms with E-state index in [-0.39, 0.29) is 5.91 Å². The lowest BCUT2D eigenvalue weighted by Gasteiger charge is -2.05. The Kier molecular flexibility index (Phi) is 7.36.